The first-order chi connectivity index (χ1) is 11.8. The molecular weight excluding hydrogens is 302 g/mol. The van der Waals surface area contributed by atoms with Crippen LogP contribution < -0.4 is 4.74 Å². The molecule has 24 heavy (non-hydrogen) atoms. The van der Waals surface area contributed by atoms with Gasteiger partial charge < -0.3 is 9.72 Å². The lowest BCUT2D eigenvalue weighted by molar-refractivity contribution is 0.0736. The van der Waals surface area contributed by atoms with Crippen LogP contribution in [0.4, 0.5) is 0 Å². The van der Waals surface area contributed by atoms with Gasteiger partial charge in [0.2, 0.25) is 0 Å². The molecule has 2 aromatic heterocycles. The van der Waals surface area contributed by atoms with E-state index in [4.69, 9.17) is 4.74 Å². The fourth-order valence-electron chi connectivity index (χ4n) is 3.18. The summed E-state index contributed by atoms with van der Waals surface area (Å²) >= 11 is 0. The number of benzene rings is 1. The van der Waals surface area contributed by atoms with Crippen molar-refractivity contribution in [2.45, 2.75) is 19.4 Å². The number of pyridine rings is 1. The number of carbonyl (C=O) groups is 1. The molecule has 0 atom stereocenters. The van der Waals surface area contributed by atoms with E-state index in [0.717, 1.165) is 25.2 Å². The number of nitrogens with one attached hydrogen (secondary N) is 1. The van der Waals surface area contributed by atoms with E-state index in [-0.39, 0.29) is 0 Å². The Morgan fingerprint density at radius 2 is 2.08 bits per heavy atom. The number of hydrogen-bond donors (Lipinski definition) is 1. The molecule has 0 spiro atoms. The largest absolute Gasteiger partial charge is 0.423 e. The first-order valence-electron chi connectivity index (χ1n) is 8.25. The molecule has 0 aliphatic carbocycles. The molecule has 1 aliphatic rings. The van der Waals surface area contributed by atoms with E-state index in [1.807, 2.05) is 30.3 Å². The molecule has 1 N–H and O–H groups in total. The van der Waals surface area contributed by atoms with E-state index >= 15 is 0 Å². The van der Waals surface area contributed by atoms with Crippen molar-refractivity contribution in [3.8, 4) is 5.75 Å². The van der Waals surface area contributed by atoms with Gasteiger partial charge in [0, 0.05) is 18.9 Å². The molecule has 0 saturated carbocycles. The Hall–Kier alpha value is -2.66. The van der Waals surface area contributed by atoms with Crippen molar-refractivity contribution in [2.75, 3.05) is 13.1 Å². The van der Waals surface area contributed by atoms with Gasteiger partial charge in [0.1, 0.15) is 16.8 Å². The maximum Gasteiger partial charge on any atom is 0.347 e. The number of likely N-dealkylation sites (tertiary alicyclic amines) is 1. The van der Waals surface area contributed by atoms with E-state index in [1.165, 1.54) is 18.4 Å². The summed E-state index contributed by atoms with van der Waals surface area (Å²) in [6.07, 6.45) is 5.85. The van der Waals surface area contributed by atoms with Gasteiger partial charge in [-0.15, -0.1) is 0 Å². The summed E-state index contributed by atoms with van der Waals surface area (Å²) in [4.78, 5) is 22.2. The average Bonchev–Trinajstić information content (AvgIpc) is 3.24. The predicted octanol–water partition coefficient (Wildman–Crippen LogP) is 3.38. The minimum absolute atomic E-state index is 0.390. The number of rotatable bonds is 4. The molecule has 122 valence electrons. The van der Waals surface area contributed by atoms with E-state index in [0.29, 0.717) is 16.8 Å². The lowest BCUT2D eigenvalue weighted by Crippen LogP contribution is -2.18. The Labute approximate surface area is 140 Å². The first-order valence-corrected chi connectivity index (χ1v) is 8.25. The van der Waals surface area contributed by atoms with Gasteiger partial charge in [0.25, 0.3) is 0 Å². The molecule has 1 fully saturated rings. The number of ether oxygens (including phenoxy) is 1. The second-order valence-electron chi connectivity index (χ2n) is 6.12. The van der Waals surface area contributed by atoms with Gasteiger partial charge in [-0.3, -0.25) is 9.88 Å². The molecular formula is C19H19N3O2. The van der Waals surface area contributed by atoms with Gasteiger partial charge in [-0.1, -0.05) is 12.1 Å². The lowest BCUT2D eigenvalue weighted by Gasteiger charge is -2.15. The SMILES string of the molecule is O=C(Oc1cccc(CN2CCCC2)c1)c1c[nH]c2cccnc12. The van der Waals surface area contributed by atoms with Crippen LogP contribution in [0.25, 0.3) is 11.0 Å². The molecule has 0 bridgehead atoms. The van der Waals surface area contributed by atoms with Gasteiger partial charge in [0.15, 0.2) is 0 Å². The Kier molecular flexibility index (Phi) is 4.01. The normalized spacial score (nSPS) is 15.0. The van der Waals surface area contributed by atoms with Crippen LogP contribution >= 0.6 is 0 Å². The zero-order valence-corrected chi connectivity index (χ0v) is 13.4. The van der Waals surface area contributed by atoms with Crippen molar-refractivity contribution in [2.24, 2.45) is 0 Å². The highest BCUT2D eigenvalue weighted by Gasteiger charge is 2.16. The molecule has 0 radical (unpaired) electrons. The number of hydrogen-bond acceptors (Lipinski definition) is 4. The molecule has 5 heteroatoms. The third kappa shape index (κ3) is 3.03. The quantitative estimate of drug-likeness (QED) is 0.591. The Morgan fingerprint density at radius 1 is 1.21 bits per heavy atom. The average molecular weight is 321 g/mol. The van der Waals surface area contributed by atoms with Gasteiger partial charge >= 0.3 is 5.97 Å². The predicted molar refractivity (Wildman–Crippen MR) is 92.0 cm³/mol. The van der Waals surface area contributed by atoms with Crippen molar-refractivity contribution in [3.63, 3.8) is 0 Å². The number of H-pyrrole nitrogens is 1. The van der Waals surface area contributed by atoms with Crippen molar-refractivity contribution < 1.29 is 9.53 Å². The van der Waals surface area contributed by atoms with Crippen LogP contribution in [0, 0.1) is 0 Å². The highest BCUT2D eigenvalue weighted by atomic mass is 16.5. The number of nitrogens with zero attached hydrogens (tertiary/aromatic N) is 2. The minimum atomic E-state index is -0.390. The second-order valence-corrected chi connectivity index (χ2v) is 6.12. The summed E-state index contributed by atoms with van der Waals surface area (Å²) in [6.45, 7) is 3.19. The highest BCUT2D eigenvalue weighted by Crippen LogP contribution is 2.21. The van der Waals surface area contributed by atoms with Crippen molar-refractivity contribution in [3.05, 3.63) is 59.9 Å². The number of aromatic nitrogens is 2. The number of fused-ring (bicyclic) bond motifs is 1. The maximum atomic E-state index is 12.5. The second kappa shape index (κ2) is 6.45. The smallest absolute Gasteiger partial charge is 0.347 e. The third-order valence-electron chi connectivity index (χ3n) is 4.37. The van der Waals surface area contributed by atoms with E-state index in [2.05, 4.69) is 20.9 Å². The molecule has 1 aliphatic heterocycles. The third-order valence-corrected chi connectivity index (χ3v) is 4.37. The Morgan fingerprint density at radius 3 is 2.96 bits per heavy atom. The molecule has 0 amide bonds. The summed E-state index contributed by atoms with van der Waals surface area (Å²) in [5.74, 6) is 0.181. The maximum absolute atomic E-state index is 12.5. The van der Waals surface area contributed by atoms with Gasteiger partial charge in [-0.25, -0.2) is 4.79 Å². The highest BCUT2D eigenvalue weighted by molar-refractivity contribution is 6.03. The van der Waals surface area contributed by atoms with Crippen LogP contribution in [0.15, 0.2) is 48.8 Å². The number of aromatic amines is 1. The zero-order chi connectivity index (χ0) is 16.4. The van der Waals surface area contributed by atoms with E-state index < -0.39 is 5.97 Å². The van der Waals surface area contributed by atoms with Gasteiger partial charge in [-0.2, -0.15) is 0 Å². The van der Waals surface area contributed by atoms with E-state index in [9.17, 15) is 4.79 Å². The van der Waals surface area contributed by atoms with Crippen LogP contribution in [-0.2, 0) is 6.54 Å². The Balaban J connectivity index is 1.51. The molecule has 1 aromatic carbocycles. The lowest BCUT2D eigenvalue weighted by atomic mass is 10.2. The summed E-state index contributed by atoms with van der Waals surface area (Å²) in [6, 6.07) is 11.5. The van der Waals surface area contributed by atoms with Crippen LogP contribution in [0.1, 0.15) is 28.8 Å². The molecule has 5 nitrogen and oxygen atoms in total. The van der Waals surface area contributed by atoms with Crippen LogP contribution in [-0.4, -0.2) is 33.9 Å². The van der Waals surface area contributed by atoms with Crippen LogP contribution in [0.3, 0.4) is 0 Å². The molecule has 0 unspecified atom stereocenters. The molecule has 3 aromatic rings. The summed E-state index contributed by atoms with van der Waals surface area (Å²) < 4.78 is 5.55. The fraction of sp³-hybridized carbons (Fsp3) is 0.263. The molecule has 1 saturated heterocycles. The summed E-state index contributed by atoms with van der Waals surface area (Å²) in [5.41, 5.74) is 3.08. The summed E-state index contributed by atoms with van der Waals surface area (Å²) in [5, 5.41) is 0. The van der Waals surface area contributed by atoms with Crippen molar-refractivity contribution in [1.29, 1.82) is 0 Å². The standard InChI is InChI=1S/C19H19N3O2/c23-19(16-12-21-17-7-4-8-20-18(16)17)24-15-6-3-5-14(11-15)13-22-9-1-2-10-22/h3-8,11-12,21H,1-2,9-10,13H2. The monoisotopic (exact) mass is 321 g/mol. The van der Waals surface area contributed by atoms with Crippen molar-refractivity contribution >= 4 is 17.0 Å². The molecule has 3 heterocycles. The topological polar surface area (TPSA) is 58.2 Å². The minimum Gasteiger partial charge on any atom is -0.423 e. The van der Waals surface area contributed by atoms with Crippen LogP contribution in [0.2, 0.25) is 0 Å². The van der Waals surface area contributed by atoms with Crippen LogP contribution in [0.5, 0.6) is 5.75 Å². The summed E-state index contributed by atoms with van der Waals surface area (Å²) in [7, 11) is 0. The van der Waals surface area contributed by atoms with Crippen molar-refractivity contribution in [1.82, 2.24) is 14.9 Å². The first kappa shape index (κ1) is 14.9. The Bertz CT molecular complexity index is 866. The fourth-order valence-corrected chi connectivity index (χ4v) is 3.18. The van der Waals surface area contributed by atoms with E-state index in [1.54, 1.807) is 12.4 Å². The number of esters is 1. The molecule has 4 rings (SSSR count). The van der Waals surface area contributed by atoms with Gasteiger partial charge in [0.05, 0.1) is 5.52 Å². The number of carbonyl (C=O) groups excluding carboxylic acids is 1. The zero-order valence-electron chi connectivity index (χ0n) is 13.4. The van der Waals surface area contributed by atoms with Gasteiger partial charge in [-0.05, 0) is 55.8 Å².